The Labute approximate surface area is 433 Å². The minimum absolute atomic E-state index is 0.0362. The minimum atomic E-state index is -0.717. The second kappa shape index (κ2) is 24.7. The van der Waals surface area contributed by atoms with Crippen LogP contribution >= 0.6 is 0 Å². The van der Waals surface area contributed by atoms with E-state index in [4.69, 9.17) is 0 Å². The fourth-order valence-electron chi connectivity index (χ4n) is 12.2. The summed E-state index contributed by atoms with van der Waals surface area (Å²) < 4.78 is 26.7. The van der Waals surface area contributed by atoms with Crippen molar-refractivity contribution in [2.75, 3.05) is 59.0 Å². The molecule has 4 aromatic carbocycles. The number of carboxylic acids is 1. The Morgan fingerprint density at radius 1 is 0.595 bits per heavy atom. The first-order valence-electron chi connectivity index (χ1n) is 26.9. The first-order valence-corrected chi connectivity index (χ1v) is 26.9. The van der Waals surface area contributed by atoms with Gasteiger partial charge >= 0.3 is 5.97 Å². The third-order valence-electron chi connectivity index (χ3n) is 16.4. The minimum Gasteiger partial charge on any atom is -0.480 e. The summed E-state index contributed by atoms with van der Waals surface area (Å²) in [4.78, 5) is 52.6. The lowest BCUT2D eigenvalue weighted by molar-refractivity contribution is -0.145. The quantitative estimate of drug-likeness (QED) is 0.0798. The summed E-state index contributed by atoms with van der Waals surface area (Å²) in [5.41, 5.74) is 7.65. The highest BCUT2D eigenvalue weighted by molar-refractivity contribution is 5.92. The highest BCUT2D eigenvalue weighted by Gasteiger charge is 2.35. The summed E-state index contributed by atoms with van der Waals surface area (Å²) >= 11 is 0. The number of aliphatic hydroxyl groups excluding tert-OH is 1. The molecule has 6 aromatic rings. The SMILES string of the molecule is Cc1cccc(/C=C/C(=O)N2CCC(CC(C(=O)O)N3CCC(c4c[nH]c5ccccc45)CC3)CC2)c1.O=C(/C=C/c1cc(F)cc(F)c1)N1CCC(CC(CO)N2CCC(c3c[nH]c4ccccc34)CC2)CC1. The number of aryl methyl sites for hydroxylation is 1. The van der Waals surface area contributed by atoms with Crippen molar-refractivity contribution in [3.63, 3.8) is 0 Å². The summed E-state index contributed by atoms with van der Waals surface area (Å²) in [5.74, 6) is -0.338. The van der Waals surface area contributed by atoms with Crippen LogP contribution in [-0.2, 0) is 14.4 Å². The molecule has 13 heteroatoms. The number of rotatable bonds is 14. The summed E-state index contributed by atoms with van der Waals surface area (Å²) in [7, 11) is 0. The molecule has 2 aromatic heterocycles. The van der Waals surface area contributed by atoms with Crippen LogP contribution in [0.4, 0.5) is 8.78 Å². The molecule has 2 atom stereocenters. The van der Waals surface area contributed by atoms with E-state index in [0.717, 1.165) is 95.6 Å². The molecule has 390 valence electrons. The smallest absolute Gasteiger partial charge is 0.320 e. The Morgan fingerprint density at radius 3 is 1.58 bits per heavy atom. The number of hydrogen-bond donors (Lipinski definition) is 4. The van der Waals surface area contributed by atoms with Crippen LogP contribution in [0.25, 0.3) is 34.0 Å². The van der Waals surface area contributed by atoms with Gasteiger partial charge in [-0.1, -0.05) is 66.2 Å². The summed E-state index contributed by atoms with van der Waals surface area (Å²) in [6, 6.07) is 27.9. The van der Waals surface area contributed by atoms with Gasteiger partial charge in [-0.05, 0) is 180 Å². The molecule has 4 saturated heterocycles. The number of H-pyrrole nitrogens is 2. The van der Waals surface area contributed by atoms with E-state index >= 15 is 0 Å². The Morgan fingerprint density at radius 2 is 1.08 bits per heavy atom. The van der Waals surface area contributed by atoms with Crippen molar-refractivity contribution in [2.24, 2.45) is 11.8 Å². The number of aromatic amines is 2. The highest BCUT2D eigenvalue weighted by Crippen LogP contribution is 2.37. The second-order valence-corrected chi connectivity index (χ2v) is 21.2. The number of amides is 2. The number of carboxylic acid groups (broad SMARTS) is 1. The molecular formula is C61H72F2N6O5. The first kappa shape index (κ1) is 52.5. The van der Waals surface area contributed by atoms with Crippen LogP contribution in [0.2, 0.25) is 0 Å². The molecule has 0 radical (unpaired) electrons. The molecular weight excluding hydrogens is 935 g/mol. The number of aromatic nitrogens is 2. The molecule has 74 heavy (non-hydrogen) atoms. The van der Waals surface area contributed by atoms with Crippen molar-refractivity contribution in [2.45, 2.75) is 95.1 Å². The Balaban J connectivity index is 0.000000182. The van der Waals surface area contributed by atoms with Gasteiger partial charge in [-0.15, -0.1) is 0 Å². The molecule has 6 heterocycles. The number of aliphatic carboxylic acids is 1. The largest absolute Gasteiger partial charge is 0.480 e. The predicted octanol–water partition coefficient (Wildman–Crippen LogP) is 10.8. The number of hydrogen-bond acceptors (Lipinski definition) is 6. The molecule has 0 saturated carbocycles. The number of para-hydroxylation sites is 2. The van der Waals surface area contributed by atoms with Crippen LogP contribution < -0.4 is 0 Å². The number of benzene rings is 4. The Kier molecular flexibility index (Phi) is 17.5. The number of halogens is 2. The molecule has 0 aliphatic carbocycles. The maximum absolute atomic E-state index is 13.4. The predicted molar refractivity (Wildman–Crippen MR) is 289 cm³/mol. The van der Waals surface area contributed by atoms with Crippen molar-refractivity contribution in [1.82, 2.24) is 29.6 Å². The van der Waals surface area contributed by atoms with E-state index in [0.29, 0.717) is 61.8 Å². The standard InChI is InChI=1S/C31H37N3O3.C30H35F2N3O2/c1-22-5-4-6-23(19-22)9-10-30(35)34-15-11-24(12-16-34)20-29(31(36)37)33-17-13-25(14-18-33)27-21-32-28-8-3-2-7-26(27)28;31-24-15-22(16-25(32)18-24)5-6-30(37)35-11-7-21(8-12-35)17-26(20-36)34-13-9-23(10-14-34)28-19-33-29-4-2-1-3-27(28)29/h2-10,19,21,24-25,29,32H,11-18,20H2,1H3,(H,36,37);1-6,15-16,18-19,21,23,26,33,36H,7-14,17,20H2/b10-9+;6-5+. The molecule has 4 aliphatic rings. The number of likely N-dealkylation sites (tertiary alicyclic amines) is 4. The van der Waals surface area contributed by atoms with Gasteiger partial charge in [0.15, 0.2) is 0 Å². The van der Waals surface area contributed by atoms with E-state index in [-0.39, 0.29) is 24.5 Å². The van der Waals surface area contributed by atoms with Crippen LogP contribution in [0, 0.1) is 30.4 Å². The molecule has 4 fully saturated rings. The molecule has 2 unspecified atom stereocenters. The van der Waals surface area contributed by atoms with E-state index in [2.05, 4.69) is 80.7 Å². The van der Waals surface area contributed by atoms with Crippen molar-refractivity contribution in [1.29, 1.82) is 0 Å². The van der Waals surface area contributed by atoms with E-state index in [1.807, 2.05) is 42.2 Å². The topological polar surface area (TPSA) is 136 Å². The van der Waals surface area contributed by atoms with Gasteiger partial charge in [-0.2, -0.15) is 0 Å². The number of piperidine rings is 4. The third kappa shape index (κ3) is 13.3. The molecule has 0 bridgehead atoms. The average Bonchev–Trinajstić information content (AvgIpc) is 4.06. The number of nitrogens with one attached hydrogen (secondary N) is 2. The van der Waals surface area contributed by atoms with Crippen LogP contribution in [0.3, 0.4) is 0 Å². The van der Waals surface area contributed by atoms with Gasteiger partial charge in [0, 0.05) is 84.6 Å². The van der Waals surface area contributed by atoms with Crippen molar-refractivity contribution >= 4 is 51.7 Å². The first-order chi connectivity index (χ1) is 36.0. The lowest BCUT2D eigenvalue weighted by Crippen LogP contribution is -2.47. The van der Waals surface area contributed by atoms with E-state index in [9.17, 15) is 33.4 Å². The fraction of sp³-hybridized carbons (Fsp3) is 0.426. The zero-order valence-corrected chi connectivity index (χ0v) is 42.7. The van der Waals surface area contributed by atoms with Gasteiger partial charge in [0.25, 0.3) is 0 Å². The lowest BCUT2D eigenvalue weighted by atomic mass is 9.86. The monoisotopic (exact) mass is 1010 g/mol. The van der Waals surface area contributed by atoms with Crippen LogP contribution in [0.15, 0.2) is 116 Å². The van der Waals surface area contributed by atoms with E-state index in [1.165, 1.54) is 62.8 Å². The maximum Gasteiger partial charge on any atom is 0.320 e. The van der Waals surface area contributed by atoms with E-state index < -0.39 is 23.6 Å². The third-order valence-corrected chi connectivity index (χ3v) is 16.4. The molecule has 11 nitrogen and oxygen atoms in total. The van der Waals surface area contributed by atoms with Crippen LogP contribution in [0.5, 0.6) is 0 Å². The van der Waals surface area contributed by atoms with Gasteiger partial charge in [0.2, 0.25) is 11.8 Å². The zero-order valence-electron chi connectivity index (χ0n) is 42.7. The van der Waals surface area contributed by atoms with Crippen LogP contribution in [0.1, 0.15) is 104 Å². The summed E-state index contributed by atoms with van der Waals surface area (Å²) in [6.07, 6.45) is 19.9. The second-order valence-electron chi connectivity index (χ2n) is 21.2. The van der Waals surface area contributed by atoms with Gasteiger partial charge in [-0.25, -0.2) is 8.78 Å². The Bertz CT molecular complexity index is 2880. The van der Waals surface area contributed by atoms with Crippen LogP contribution in [-0.4, -0.2) is 129 Å². The number of fused-ring (bicyclic) bond motifs is 2. The van der Waals surface area contributed by atoms with E-state index in [1.54, 1.807) is 11.0 Å². The van der Waals surface area contributed by atoms with Gasteiger partial charge in [-0.3, -0.25) is 24.2 Å². The normalized spacial score (nSPS) is 19.1. The molecule has 4 aliphatic heterocycles. The molecule has 10 rings (SSSR count). The number of carbonyl (C=O) groups is 3. The van der Waals surface area contributed by atoms with Crippen molar-refractivity contribution in [3.8, 4) is 0 Å². The van der Waals surface area contributed by atoms with Crippen molar-refractivity contribution in [3.05, 3.63) is 155 Å². The molecule has 4 N–H and O–H groups in total. The molecule has 0 spiro atoms. The zero-order chi connectivity index (χ0) is 51.6. The lowest BCUT2D eigenvalue weighted by Gasteiger charge is -2.39. The fourth-order valence-corrected chi connectivity index (χ4v) is 12.2. The molecule has 2 amide bonds. The maximum atomic E-state index is 13.4. The van der Waals surface area contributed by atoms with Crippen molar-refractivity contribution < 1.29 is 33.4 Å². The van der Waals surface area contributed by atoms with Gasteiger partial charge in [0.05, 0.1) is 6.61 Å². The summed E-state index contributed by atoms with van der Waals surface area (Å²) in [6.45, 7) is 8.48. The van der Waals surface area contributed by atoms with Gasteiger partial charge < -0.3 is 30.0 Å². The number of carbonyl (C=O) groups excluding carboxylic acids is 2. The highest BCUT2D eigenvalue weighted by atomic mass is 19.1. The van der Waals surface area contributed by atoms with Gasteiger partial charge in [0.1, 0.15) is 17.7 Å². The summed E-state index contributed by atoms with van der Waals surface area (Å²) in [5, 5.41) is 22.9. The Hall–Kier alpha value is -6.41. The number of aliphatic hydroxyl groups is 1. The average molecular weight is 1010 g/mol. The number of nitrogens with zero attached hydrogens (tertiary/aromatic N) is 4.